The van der Waals surface area contributed by atoms with Gasteiger partial charge in [0.05, 0.1) is 17.7 Å². The molecular weight excluding hydrogens is 220 g/mol. The van der Waals surface area contributed by atoms with Crippen LogP contribution in [0.1, 0.15) is 11.3 Å². The van der Waals surface area contributed by atoms with E-state index in [1.807, 2.05) is 30.1 Å². The first-order valence-corrected chi connectivity index (χ1v) is 5.97. The fourth-order valence-corrected chi connectivity index (χ4v) is 1.99. The lowest BCUT2D eigenvalue weighted by atomic mass is 10.2. The lowest BCUT2D eigenvalue weighted by Crippen LogP contribution is -2.18. The number of hydrogen-bond acceptors (Lipinski definition) is 5. The largest absolute Gasteiger partial charge is 0.354 e. The van der Waals surface area contributed by atoms with Gasteiger partial charge in [-0.05, 0) is 17.7 Å². The molecule has 0 saturated heterocycles. The minimum absolute atomic E-state index is 0.542. The van der Waals surface area contributed by atoms with Gasteiger partial charge in [0.2, 0.25) is 0 Å². The third-order valence-corrected chi connectivity index (χ3v) is 2.95. The minimum Gasteiger partial charge on any atom is -0.354 e. The summed E-state index contributed by atoms with van der Waals surface area (Å²) in [6.07, 6.45) is 1.79. The second-order valence-corrected chi connectivity index (χ2v) is 4.28. The Hall–Kier alpha value is -1.46. The van der Waals surface area contributed by atoms with Gasteiger partial charge in [0.1, 0.15) is 5.82 Å². The average molecular weight is 234 g/mol. The molecule has 84 valence electrons. The van der Waals surface area contributed by atoms with Crippen molar-refractivity contribution >= 4 is 17.2 Å². The molecule has 0 bridgehead atoms. The molecule has 5 heteroatoms. The van der Waals surface area contributed by atoms with Crippen molar-refractivity contribution in [2.75, 3.05) is 11.9 Å². The monoisotopic (exact) mass is 234 g/mol. The van der Waals surface area contributed by atoms with E-state index in [9.17, 15) is 0 Å². The van der Waals surface area contributed by atoms with Crippen LogP contribution in [0.4, 0.5) is 5.82 Å². The Bertz CT molecular complexity index is 441. The van der Waals surface area contributed by atoms with Crippen molar-refractivity contribution in [3.8, 4) is 0 Å². The van der Waals surface area contributed by atoms with Crippen LogP contribution in [0.3, 0.4) is 0 Å². The summed E-state index contributed by atoms with van der Waals surface area (Å²) in [6, 6.07) is 3.94. The molecule has 0 atom stereocenters. The lowest BCUT2D eigenvalue weighted by molar-refractivity contribution is 0.870. The third kappa shape index (κ3) is 2.56. The van der Waals surface area contributed by atoms with Crippen LogP contribution in [-0.2, 0) is 13.1 Å². The summed E-state index contributed by atoms with van der Waals surface area (Å²) in [7, 11) is 2.00. The maximum atomic E-state index is 5.60. The van der Waals surface area contributed by atoms with Gasteiger partial charge in [-0.3, -0.25) is 0 Å². The molecular formula is C11H14N4S. The Morgan fingerprint density at radius 1 is 1.44 bits per heavy atom. The molecule has 0 aliphatic carbocycles. The van der Waals surface area contributed by atoms with Crippen LogP contribution in [0.5, 0.6) is 0 Å². The van der Waals surface area contributed by atoms with E-state index in [0.717, 1.165) is 23.6 Å². The fraction of sp³-hybridized carbons (Fsp3) is 0.273. The molecule has 2 N–H and O–H groups in total. The maximum Gasteiger partial charge on any atom is 0.128 e. The van der Waals surface area contributed by atoms with E-state index in [0.29, 0.717) is 6.54 Å². The van der Waals surface area contributed by atoms with Gasteiger partial charge in [0, 0.05) is 25.2 Å². The quantitative estimate of drug-likeness (QED) is 0.873. The highest BCUT2D eigenvalue weighted by Crippen LogP contribution is 2.13. The van der Waals surface area contributed by atoms with Crippen LogP contribution < -0.4 is 10.6 Å². The Morgan fingerprint density at radius 3 is 3.00 bits per heavy atom. The van der Waals surface area contributed by atoms with Crippen LogP contribution in [0, 0.1) is 0 Å². The maximum absolute atomic E-state index is 5.60. The van der Waals surface area contributed by atoms with Crippen molar-refractivity contribution in [2.45, 2.75) is 13.1 Å². The highest BCUT2D eigenvalue weighted by molar-refractivity contribution is 7.07. The molecule has 0 aromatic carbocycles. The molecule has 2 heterocycles. The number of hydrogen-bond donors (Lipinski definition) is 1. The third-order valence-electron chi connectivity index (χ3n) is 2.32. The van der Waals surface area contributed by atoms with Gasteiger partial charge in [0.15, 0.2) is 0 Å². The predicted molar refractivity (Wildman–Crippen MR) is 66.3 cm³/mol. The van der Waals surface area contributed by atoms with Crippen LogP contribution >= 0.6 is 11.3 Å². The molecule has 2 aromatic heterocycles. The molecule has 0 fully saturated rings. The van der Waals surface area contributed by atoms with Gasteiger partial charge < -0.3 is 10.6 Å². The van der Waals surface area contributed by atoms with Gasteiger partial charge in [0.25, 0.3) is 0 Å². The summed E-state index contributed by atoms with van der Waals surface area (Å²) < 4.78 is 0. The number of nitrogens with two attached hydrogens (primary N) is 1. The normalized spacial score (nSPS) is 10.4. The molecule has 0 radical (unpaired) electrons. The Labute approximate surface area is 98.8 Å². The summed E-state index contributed by atoms with van der Waals surface area (Å²) in [6.45, 7) is 1.31. The summed E-state index contributed by atoms with van der Waals surface area (Å²) in [5.74, 6) is 0.927. The summed E-state index contributed by atoms with van der Waals surface area (Å²) in [5, 5.41) is 2.04. The topological polar surface area (TPSA) is 55.0 Å². The summed E-state index contributed by atoms with van der Waals surface area (Å²) >= 11 is 1.61. The number of rotatable bonds is 4. The average Bonchev–Trinajstić information content (AvgIpc) is 2.82. The minimum atomic E-state index is 0.542. The van der Waals surface area contributed by atoms with E-state index >= 15 is 0 Å². The summed E-state index contributed by atoms with van der Waals surface area (Å²) in [5.41, 5.74) is 9.59. The van der Waals surface area contributed by atoms with Crippen molar-refractivity contribution in [2.24, 2.45) is 5.73 Å². The molecule has 0 spiro atoms. The highest BCUT2D eigenvalue weighted by Gasteiger charge is 2.05. The molecule has 2 aromatic rings. The molecule has 2 rings (SSSR count). The second-order valence-electron chi connectivity index (χ2n) is 3.56. The van der Waals surface area contributed by atoms with Crippen molar-refractivity contribution < 1.29 is 0 Å². The predicted octanol–water partition coefficient (Wildman–Crippen LogP) is 1.63. The van der Waals surface area contributed by atoms with Crippen molar-refractivity contribution in [1.82, 2.24) is 9.97 Å². The molecule has 4 nitrogen and oxygen atoms in total. The van der Waals surface area contributed by atoms with Gasteiger partial charge in [-0.2, -0.15) is 0 Å². The van der Waals surface area contributed by atoms with Crippen molar-refractivity contribution in [3.05, 3.63) is 40.5 Å². The first-order valence-electron chi connectivity index (χ1n) is 5.03. The van der Waals surface area contributed by atoms with Gasteiger partial charge in [-0.1, -0.05) is 0 Å². The van der Waals surface area contributed by atoms with E-state index in [-0.39, 0.29) is 0 Å². The zero-order valence-corrected chi connectivity index (χ0v) is 9.94. The number of anilines is 1. The summed E-state index contributed by atoms with van der Waals surface area (Å²) in [4.78, 5) is 10.6. The lowest BCUT2D eigenvalue weighted by Gasteiger charge is -2.17. The van der Waals surface area contributed by atoms with Crippen LogP contribution in [0.15, 0.2) is 29.2 Å². The van der Waals surface area contributed by atoms with E-state index in [1.165, 1.54) is 0 Å². The van der Waals surface area contributed by atoms with Gasteiger partial charge in [-0.15, -0.1) is 11.3 Å². The smallest absolute Gasteiger partial charge is 0.128 e. The highest BCUT2D eigenvalue weighted by atomic mass is 32.1. The van der Waals surface area contributed by atoms with Crippen LogP contribution in [-0.4, -0.2) is 17.0 Å². The van der Waals surface area contributed by atoms with E-state index in [1.54, 1.807) is 17.5 Å². The molecule has 0 amide bonds. The van der Waals surface area contributed by atoms with E-state index in [2.05, 4.69) is 14.9 Å². The number of pyridine rings is 1. The van der Waals surface area contributed by atoms with Gasteiger partial charge >= 0.3 is 0 Å². The first-order chi connectivity index (χ1) is 7.79. The Balaban J connectivity index is 2.11. The first kappa shape index (κ1) is 11.0. The molecule has 0 unspecified atom stereocenters. The number of thiazole rings is 1. The zero-order valence-electron chi connectivity index (χ0n) is 9.13. The van der Waals surface area contributed by atoms with E-state index < -0.39 is 0 Å². The Morgan fingerprint density at radius 2 is 2.31 bits per heavy atom. The standard InChI is InChI=1S/C11H14N4S/c1-15(6-10-7-16-8-14-10)11-4-9(5-12)2-3-13-11/h2-4,7-8H,5-6,12H2,1H3. The van der Waals surface area contributed by atoms with Gasteiger partial charge in [-0.25, -0.2) is 9.97 Å². The Kier molecular flexibility index (Phi) is 3.48. The molecule has 0 aliphatic heterocycles. The number of nitrogens with zero attached hydrogens (tertiary/aromatic N) is 3. The van der Waals surface area contributed by atoms with Crippen molar-refractivity contribution in [1.29, 1.82) is 0 Å². The second kappa shape index (κ2) is 5.05. The van der Waals surface area contributed by atoms with Crippen LogP contribution in [0.2, 0.25) is 0 Å². The van der Waals surface area contributed by atoms with E-state index in [4.69, 9.17) is 5.73 Å². The zero-order chi connectivity index (χ0) is 11.4. The molecule has 0 aliphatic rings. The molecule has 16 heavy (non-hydrogen) atoms. The van der Waals surface area contributed by atoms with Crippen molar-refractivity contribution in [3.63, 3.8) is 0 Å². The van der Waals surface area contributed by atoms with Crippen LogP contribution in [0.25, 0.3) is 0 Å². The SMILES string of the molecule is CN(Cc1cscn1)c1cc(CN)ccn1. The fourth-order valence-electron chi connectivity index (χ4n) is 1.44. The number of aromatic nitrogens is 2. The molecule has 0 saturated carbocycles.